The second kappa shape index (κ2) is 4.47. The SMILES string of the molecule is CCC1CCCN1c1cccc2c1OCCO2. The highest BCUT2D eigenvalue weighted by molar-refractivity contribution is 5.66. The Morgan fingerprint density at radius 2 is 2.18 bits per heavy atom. The first-order chi connectivity index (χ1) is 8.40. The van der Waals surface area contributed by atoms with Crippen molar-refractivity contribution < 1.29 is 9.47 Å². The van der Waals surface area contributed by atoms with Crippen molar-refractivity contribution in [2.45, 2.75) is 32.2 Å². The summed E-state index contributed by atoms with van der Waals surface area (Å²) in [4.78, 5) is 2.48. The molecule has 3 heteroatoms. The van der Waals surface area contributed by atoms with E-state index in [4.69, 9.17) is 9.47 Å². The number of anilines is 1. The van der Waals surface area contributed by atoms with Crippen LogP contribution in [0.15, 0.2) is 18.2 Å². The van der Waals surface area contributed by atoms with Gasteiger partial charge in [-0.15, -0.1) is 0 Å². The van der Waals surface area contributed by atoms with Gasteiger partial charge in [0.25, 0.3) is 0 Å². The summed E-state index contributed by atoms with van der Waals surface area (Å²) >= 11 is 0. The molecule has 0 aliphatic carbocycles. The quantitative estimate of drug-likeness (QED) is 0.784. The van der Waals surface area contributed by atoms with Crippen molar-refractivity contribution in [3.8, 4) is 11.5 Å². The number of para-hydroxylation sites is 1. The molecule has 2 aliphatic heterocycles. The van der Waals surface area contributed by atoms with E-state index in [-0.39, 0.29) is 0 Å². The molecule has 1 saturated heterocycles. The zero-order chi connectivity index (χ0) is 11.7. The van der Waals surface area contributed by atoms with Crippen LogP contribution in [-0.2, 0) is 0 Å². The molecule has 0 N–H and O–H groups in total. The van der Waals surface area contributed by atoms with Gasteiger partial charge in [-0.3, -0.25) is 0 Å². The Kier molecular flexibility index (Phi) is 2.83. The van der Waals surface area contributed by atoms with E-state index in [1.165, 1.54) is 24.9 Å². The van der Waals surface area contributed by atoms with Gasteiger partial charge in [0.1, 0.15) is 13.2 Å². The molecule has 1 aromatic carbocycles. The molecule has 2 aliphatic rings. The minimum absolute atomic E-state index is 0.659. The maximum Gasteiger partial charge on any atom is 0.184 e. The number of hydrogen-bond donors (Lipinski definition) is 0. The third-order valence-corrected chi connectivity index (χ3v) is 3.70. The molecule has 17 heavy (non-hydrogen) atoms. The Morgan fingerprint density at radius 3 is 3.06 bits per heavy atom. The zero-order valence-electron chi connectivity index (χ0n) is 10.3. The fourth-order valence-electron chi connectivity index (χ4n) is 2.86. The van der Waals surface area contributed by atoms with Crippen molar-refractivity contribution in [2.24, 2.45) is 0 Å². The van der Waals surface area contributed by atoms with E-state index in [2.05, 4.69) is 24.0 Å². The van der Waals surface area contributed by atoms with E-state index in [1.54, 1.807) is 0 Å². The minimum Gasteiger partial charge on any atom is -0.486 e. The fraction of sp³-hybridized carbons (Fsp3) is 0.571. The van der Waals surface area contributed by atoms with Gasteiger partial charge < -0.3 is 14.4 Å². The van der Waals surface area contributed by atoms with Crippen LogP contribution in [0.1, 0.15) is 26.2 Å². The van der Waals surface area contributed by atoms with Gasteiger partial charge in [-0.1, -0.05) is 13.0 Å². The first kappa shape index (κ1) is 10.8. The molecule has 1 fully saturated rings. The summed E-state index contributed by atoms with van der Waals surface area (Å²) in [6, 6.07) is 6.87. The van der Waals surface area contributed by atoms with Crippen LogP contribution in [0.25, 0.3) is 0 Å². The summed E-state index contributed by atoms with van der Waals surface area (Å²) in [5, 5.41) is 0. The fourth-order valence-corrected chi connectivity index (χ4v) is 2.86. The summed E-state index contributed by atoms with van der Waals surface area (Å²) in [5.74, 6) is 1.84. The van der Waals surface area contributed by atoms with Crippen molar-refractivity contribution in [2.75, 3.05) is 24.7 Å². The highest BCUT2D eigenvalue weighted by Crippen LogP contribution is 2.42. The summed E-state index contributed by atoms with van der Waals surface area (Å²) in [5.41, 5.74) is 1.21. The van der Waals surface area contributed by atoms with Crippen LogP contribution in [0.2, 0.25) is 0 Å². The number of nitrogens with zero attached hydrogens (tertiary/aromatic N) is 1. The van der Waals surface area contributed by atoms with E-state index >= 15 is 0 Å². The highest BCUT2D eigenvalue weighted by Gasteiger charge is 2.27. The third kappa shape index (κ3) is 1.84. The Bertz CT molecular complexity index is 405. The lowest BCUT2D eigenvalue weighted by Crippen LogP contribution is -2.29. The van der Waals surface area contributed by atoms with Gasteiger partial charge in [0, 0.05) is 12.6 Å². The van der Waals surface area contributed by atoms with Gasteiger partial charge >= 0.3 is 0 Å². The predicted octanol–water partition coefficient (Wildman–Crippen LogP) is 2.84. The topological polar surface area (TPSA) is 21.7 Å². The molecule has 3 nitrogen and oxygen atoms in total. The standard InChI is InChI=1S/C14H19NO2/c1-2-11-5-4-8-15(11)12-6-3-7-13-14(12)17-10-9-16-13/h3,6-7,11H,2,4-5,8-10H2,1H3. The van der Waals surface area contributed by atoms with Crippen molar-refractivity contribution in [1.82, 2.24) is 0 Å². The molecule has 2 heterocycles. The van der Waals surface area contributed by atoms with E-state index in [0.29, 0.717) is 19.3 Å². The second-order valence-electron chi connectivity index (χ2n) is 4.70. The molecule has 0 saturated carbocycles. The maximum absolute atomic E-state index is 5.79. The first-order valence-corrected chi connectivity index (χ1v) is 6.55. The van der Waals surface area contributed by atoms with E-state index in [1.807, 2.05) is 6.07 Å². The summed E-state index contributed by atoms with van der Waals surface area (Å²) in [7, 11) is 0. The Hall–Kier alpha value is -1.38. The average molecular weight is 233 g/mol. The Balaban J connectivity index is 1.97. The molecule has 0 bridgehead atoms. The number of hydrogen-bond acceptors (Lipinski definition) is 3. The van der Waals surface area contributed by atoms with Crippen molar-refractivity contribution >= 4 is 5.69 Å². The van der Waals surface area contributed by atoms with Crippen LogP contribution in [0.4, 0.5) is 5.69 Å². The maximum atomic E-state index is 5.79. The molecule has 0 aromatic heterocycles. The van der Waals surface area contributed by atoms with Crippen molar-refractivity contribution in [3.63, 3.8) is 0 Å². The molecule has 92 valence electrons. The van der Waals surface area contributed by atoms with E-state index in [9.17, 15) is 0 Å². The van der Waals surface area contributed by atoms with Crippen LogP contribution in [0, 0.1) is 0 Å². The normalized spacial score (nSPS) is 22.9. The smallest absolute Gasteiger partial charge is 0.184 e. The molecule has 1 atom stereocenters. The Morgan fingerprint density at radius 1 is 1.29 bits per heavy atom. The second-order valence-corrected chi connectivity index (χ2v) is 4.70. The monoisotopic (exact) mass is 233 g/mol. The molecule has 0 radical (unpaired) electrons. The lowest BCUT2D eigenvalue weighted by atomic mass is 10.1. The molecule has 1 unspecified atom stereocenters. The molecular formula is C14H19NO2. The molecule has 0 amide bonds. The Labute approximate surface area is 102 Å². The van der Waals surface area contributed by atoms with Crippen molar-refractivity contribution in [3.05, 3.63) is 18.2 Å². The predicted molar refractivity (Wildman–Crippen MR) is 68.1 cm³/mol. The minimum atomic E-state index is 0.659. The van der Waals surface area contributed by atoms with Crippen LogP contribution < -0.4 is 14.4 Å². The summed E-state index contributed by atoms with van der Waals surface area (Å²) in [6.45, 7) is 4.72. The van der Waals surface area contributed by atoms with Crippen LogP contribution in [0.5, 0.6) is 11.5 Å². The number of rotatable bonds is 2. The molecule has 0 spiro atoms. The average Bonchev–Trinajstić information content (AvgIpc) is 2.86. The van der Waals surface area contributed by atoms with Gasteiger partial charge in [0.2, 0.25) is 0 Å². The van der Waals surface area contributed by atoms with E-state index in [0.717, 1.165) is 18.0 Å². The lowest BCUT2D eigenvalue weighted by molar-refractivity contribution is 0.172. The highest BCUT2D eigenvalue weighted by atomic mass is 16.6. The first-order valence-electron chi connectivity index (χ1n) is 6.55. The lowest BCUT2D eigenvalue weighted by Gasteiger charge is -2.30. The van der Waals surface area contributed by atoms with Gasteiger partial charge in [-0.2, -0.15) is 0 Å². The zero-order valence-corrected chi connectivity index (χ0v) is 10.3. The molecule has 1 aromatic rings. The van der Waals surface area contributed by atoms with Gasteiger partial charge in [-0.25, -0.2) is 0 Å². The molecular weight excluding hydrogens is 214 g/mol. The van der Waals surface area contributed by atoms with Crippen LogP contribution in [0.3, 0.4) is 0 Å². The summed E-state index contributed by atoms with van der Waals surface area (Å²) in [6.07, 6.45) is 3.77. The van der Waals surface area contributed by atoms with Crippen LogP contribution in [-0.4, -0.2) is 25.8 Å². The van der Waals surface area contributed by atoms with Gasteiger partial charge in [0.05, 0.1) is 5.69 Å². The number of ether oxygens (including phenoxy) is 2. The van der Waals surface area contributed by atoms with Crippen LogP contribution >= 0.6 is 0 Å². The van der Waals surface area contributed by atoms with Crippen molar-refractivity contribution in [1.29, 1.82) is 0 Å². The largest absolute Gasteiger partial charge is 0.486 e. The van der Waals surface area contributed by atoms with Gasteiger partial charge in [-0.05, 0) is 31.4 Å². The van der Waals surface area contributed by atoms with Gasteiger partial charge in [0.15, 0.2) is 11.5 Å². The third-order valence-electron chi connectivity index (χ3n) is 3.70. The molecule has 3 rings (SSSR count). The number of benzene rings is 1. The number of fused-ring (bicyclic) bond motifs is 1. The summed E-state index contributed by atoms with van der Waals surface area (Å²) < 4.78 is 11.4. The van der Waals surface area contributed by atoms with E-state index < -0.39 is 0 Å².